The standard InChI is InChI=1S/C10H15N3O4/c1-9(7-12(14)15)10(13(16)17)8-11-5-3-2-4-6-11/h8H,1-7H2. The summed E-state index contributed by atoms with van der Waals surface area (Å²) < 4.78 is 0. The molecule has 1 saturated heterocycles. The van der Waals surface area contributed by atoms with Gasteiger partial charge in [-0.15, -0.1) is 0 Å². The predicted molar refractivity (Wildman–Crippen MR) is 61.5 cm³/mol. The molecule has 94 valence electrons. The molecule has 0 saturated carbocycles. The fourth-order valence-electron chi connectivity index (χ4n) is 1.72. The van der Waals surface area contributed by atoms with Crippen molar-refractivity contribution < 1.29 is 9.85 Å². The van der Waals surface area contributed by atoms with Crippen LogP contribution >= 0.6 is 0 Å². The SMILES string of the molecule is C=C(C[N+](=O)[O-])C(=CN1CCCCC1)[N+](=O)[O-]. The molecule has 0 aliphatic carbocycles. The van der Waals surface area contributed by atoms with Crippen LogP contribution in [0.25, 0.3) is 0 Å². The lowest BCUT2D eigenvalue weighted by atomic mass is 10.1. The van der Waals surface area contributed by atoms with Gasteiger partial charge >= 0.3 is 0 Å². The number of hydrogen-bond donors (Lipinski definition) is 0. The molecule has 0 aromatic rings. The van der Waals surface area contributed by atoms with Crippen molar-refractivity contribution >= 4 is 0 Å². The van der Waals surface area contributed by atoms with E-state index in [4.69, 9.17) is 0 Å². The molecular formula is C10H15N3O4. The smallest absolute Gasteiger partial charge is 0.294 e. The van der Waals surface area contributed by atoms with Gasteiger partial charge in [0, 0.05) is 18.0 Å². The van der Waals surface area contributed by atoms with Gasteiger partial charge in [-0.3, -0.25) is 20.2 Å². The average molecular weight is 241 g/mol. The maximum absolute atomic E-state index is 10.8. The first-order valence-electron chi connectivity index (χ1n) is 5.41. The quantitative estimate of drug-likeness (QED) is 0.412. The minimum absolute atomic E-state index is 0.0643. The first-order valence-corrected chi connectivity index (χ1v) is 5.41. The van der Waals surface area contributed by atoms with Crippen LogP contribution in [0.3, 0.4) is 0 Å². The number of hydrogen-bond acceptors (Lipinski definition) is 5. The van der Waals surface area contributed by atoms with Gasteiger partial charge in [0.2, 0.25) is 6.54 Å². The Labute approximate surface area is 98.7 Å². The summed E-state index contributed by atoms with van der Waals surface area (Å²) in [5.41, 5.74) is -0.325. The molecule has 17 heavy (non-hydrogen) atoms. The normalized spacial score (nSPS) is 16.7. The zero-order chi connectivity index (χ0) is 12.8. The molecule has 0 aromatic heterocycles. The zero-order valence-electron chi connectivity index (χ0n) is 9.50. The van der Waals surface area contributed by atoms with Gasteiger partial charge in [0.15, 0.2) is 0 Å². The van der Waals surface area contributed by atoms with E-state index in [-0.39, 0.29) is 11.3 Å². The van der Waals surface area contributed by atoms with E-state index in [2.05, 4.69) is 6.58 Å². The van der Waals surface area contributed by atoms with Gasteiger partial charge in [-0.05, 0) is 19.3 Å². The van der Waals surface area contributed by atoms with Crippen LogP contribution in [-0.4, -0.2) is 34.4 Å². The number of piperidine rings is 1. The Bertz CT molecular complexity index is 359. The summed E-state index contributed by atoms with van der Waals surface area (Å²) in [4.78, 5) is 21.7. The molecule has 0 atom stereocenters. The Balaban J connectivity index is 2.76. The second-order valence-electron chi connectivity index (χ2n) is 3.96. The molecule has 0 N–H and O–H groups in total. The van der Waals surface area contributed by atoms with Crippen molar-refractivity contribution in [3.05, 3.63) is 44.3 Å². The van der Waals surface area contributed by atoms with Gasteiger partial charge < -0.3 is 4.90 Å². The van der Waals surface area contributed by atoms with Gasteiger partial charge in [-0.1, -0.05) is 6.58 Å². The maximum atomic E-state index is 10.8. The van der Waals surface area contributed by atoms with Crippen molar-refractivity contribution in [1.29, 1.82) is 0 Å². The molecule has 0 bridgehead atoms. The van der Waals surface area contributed by atoms with Crippen LogP contribution in [0.2, 0.25) is 0 Å². The molecule has 7 heteroatoms. The van der Waals surface area contributed by atoms with E-state index < -0.39 is 16.4 Å². The summed E-state index contributed by atoms with van der Waals surface area (Å²) in [5, 5.41) is 21.1. The molecule has 0 spiro atoms. The highest BCUT2D eigenvalue weighted by Gasteiger charge is 2.22. The summed E-state index contributed by atoms with van der Waals surface area (Å²) in [7, 11) is 0. The Morgan fingerprint density at radius 1 is 1.24 bits per heavy atom. The van der Waals surface area contributed by atoms with Crippen molar-refractivity contribution in [3.63, 3.8) is 0 Å². The van der Waals surface area contributed by atoms with E-state index in [0.29, 0.717) is 0 Å². The molecule has 1 heterocycles. The number of nitro groups is 2. The van der Waals surface area contributed by atoms with Crippen LogP contribution in [0.4, 0.5) is 0 Å². The van der Waals surface area contributed by atoms with Crippen molar-refractivity contribution in [1.82, 2.24) is 4.90 Å². The second-order valence-corrected chi connectivity index (χ2v) is 3.96. The highest BCUT2D eigenvalue weighted by molar-refractivity contribution is 5.21. The summed E-state index contributed by atoms with van der Waals surface area (Å²) in [6, 6.07) is 0. The van der Waals surface area contributed by atoms with E-state index in [9.17, 15) is 20.2 Å². The van der Waals surface area contributed by atoms with E-state index >= 15 is 0 Å². The summed E-state index contributed by atoms with van der Waals surface area (Å²) in [5.74, 6) is 0. The van der Waals surface area contributed by atoms with Crippen LogP contribution in [0.1, 0.15) is 19.3 Å². The number of likely N-dealkylation sites (tertiary alicyclic amines) is 1. The molecule has 7 nitrogen and oxygen atoms in total. The zero-order valence-corrected chi connectivity index (χ0v) is 9.50. The van der Waals surface area contributed by atoms with Crippen LogP contribution < -0.4 is 0 Å². The summed E-state index contributed by atoms with van der Waals surface area (Å²) >= 11 is 0. The third kappa shape index (κ3) is 4.21. The van der Waals surface area contributed by atoms with Gasteiger partial charge in [-0.2, -0.15) is 0 Å². The van der Waals surface area contributed by atoms with Crippen LogP contribution in [0.5, 0.6) is 0 Å². The molecule has 0 unspecified atom stereocenters. The van der Waals surface area contributed by atoms with Crippen molar-refractivity contribution in [3.8, 4) is 0 Å². The number of nitrogens with zero attached hydrogens (tertiary/aromatic N) is 3. The molecule has 0 amide bonds. The Kier molecular flexibility index (Phi) is 4.62. The largest absolute Gasteiger partial charge is 0.372 e. The van der Waals surface area contributed by atoms with Gasteiger partial charge in [0.25, 0.3) is 5.70 Å². The average Bonchev–Trinajstić information content (AvgIpc) is 2.25. The topological polar surface area (TPSA) is 89.5 Å². The highest BCUT2D eigenvalue weighted by atomic mass is 16.6. The third-order valence-electron chi connectivity index (χ3n) is 2.57. The lowest BCUT2D eigenvalue weighted by molar-refractivity contribution is -0.477. The lowest BCUT2D eigenvalue weighted by Gasteiger charge is -2.24. The van der Waals surface area contributed by atoms with Crippen LogP contribution in [0, 0.1) is 20.2 Å². The van der Waals surface area contributed by atoms with E-state index in [1.807, 2.05) is 4.90 Å². The van der Waals surface area contributed by atoms with E-state index in [1.54, 1.807) is 0 Å². The highest BCUT2D eigenvalue weighted by Crippen LogP contribution is 2.14. The summed E-state index contributed by atoms with van der Waals surface area (Å²) in [6.07, 6.45) is 4.48. The number of rotatable bonds is 5. The Hall–Kier alpha value is -1.92. The minimum atomic E-state index is -0.615. The van der Waals surface area contributed by atoms with Gasteiger partial charge in [0.05, 0.1) is 16.7 Å². The fourth-order valence-corrected chi connectivity index (χ4v) is 1.72. The first kappa shape index (κ1) is 13.1. The molecule has 0 aromatic carbocycles. The predicted octanol–water partition coefficient (Wildman–Crippen LogP) is 1.42. The Morgan fingerprint density at radius 2 is 1.82 bits per heavy atom. The maximum Gasteiger partial charge on any atom is 0.294 e. The molecular weight excluding hydrogens is 226 g/mol. The first-order chi connectivity index (χ1) is 8.00. The molecule has 1 aliphatic heterocycles. The minimum Gasteiger partial charge on any atom is -0.372 e. The third-order valence-corrected chi connectivity index (χ3v) is 2.57. The van der Waals surface area contributed by atoms with Crippen LogP contribution in [0.15, 0.2) is 24.0 Å². The molecule has 1 aliphatic rings. The monoisotopic (exact) mass is 241 g/mol. The fraction of sp³-hybridized carbons (Fsp3) is 0.600. The molecule has 1 rings (SSSR count). The molecule has 0 radical (unpaired) electrons. The van der Waals surface area contributed by atoms with Gasteiger partial charge in [-0.25, -0.2) is 0 Å². The van der Waals surface area contributed by atoms with E-state index in [0.717, 1.165) is 32.4 Å². The van der Waals surface area contributed by atoms with Crippen molar-refractivity contribution in [2.75, 3.05) is 19.6 Å². The molecule has 1 fully saturated rings. The van der Waals surface area contributed by atoms with Crippen molar-refractivity contribution in [2.45, 2.75) is 19.3 Å². The van der Waals surface area contributed by atoms with Crippen LogP contribution in [-0.2, 0) is 0 Å². The van der Waals surface area contributed by atoms with Crippen molar-refractivity contribution in [2.24, 2.45) is 0 Å². The summed E-state index contributed by atoms with van der Waals surface area (Å²) in [6.45, 7) is 4.31. The second kappa shape index (κ2) is 5.97. The Morgan fingerprint density at radius 3 is 2.29 bits per heavy atom. The van der Waals surface area contributed by atoms with Gasteiger partial charge in [0.1, 0.15) is 0 Å². The lowest BCUT2D eigenvalue weighted by Crippen LogP contribution is -2.26. The van der Waals surface area contributed by atoms with E-state index in [1.165, 1.54) is 6.20 Å².